The summed E-state index contributed by atoms with van der Waals surface area (Å²) in [6.07, 6.45) is -2.67. The molecule has 0 aliphatic carbocycles. The van der Waals surface area contributed by atoms with Crippen molar-refractivity contribution in [2.45, 2.75) is 37.8 Å². The average molecular weight is 176 g/mol. The van der Waals surface area contributed by atoms with Gasteiger partial charge in [0.15, 0.2) is 12.6 Å². The molecule has 70 valence electrons. The maximum absolute atomic E-state index is 9.49. The first-order chi connectivity index (χ1) is 5.72. The van der Waals surface area contributed by atoms with Crippen molar-refractivity contribution in [1.29, 1.82) is 0 Å². The van der Waals surface area contributed by atoms with Crippen LogP contribution in [0.2, 0.25) is 0 Å². The minimum absolute atomic E-state index is 0.213. The van der Waals surface area contributed by atoms with Crippen LogP contribution >= 0.6 is 0 Å². The molecule has 2 aliphatic heterocycles. The van der Waals surface area contributed by atoms with Crippen LogP contribution in [-0.2, 0) is 14.2 Å². The molecule has 0 aromatic carbocycles. The molecule has 0 aromatic heterocycles. The van der Waals surface area contributed by atoms with E-state index in [4.69, 9.17) is 19.3 Å². The van der Waals surface area contributed by atoms with Gasteiger partial charge in [-0.2, -0.15) is 0 Å². The molecule has 5 atom stereocenters. The molecule has 0 bridgehead atoms. The van der Waals surface area contributed by atoms with Gasteiger partial charge in [-0.1, -0.05) is 0 Å². The zero-order chi connectivity index (χ0) is 8.72. The maximum Gasteiger partial charge on any atom is 0.190 e. The number of hydrogen-bond donors (Lipinski definition) is 2. The molecule has 2 fully saturated rings. The van der Waals surface area contributed by atoms with Crippen molar-refractivity contribution in [1.82, 2.24) is 0 Å². The van der Waals surface area contributed by atoms with E-state index in [9.17, 15) is 5.11 Å². The Morgan fingerprint density at radius 1 is 1.25 bits per heavy atom. The summed E-state index contributed by atoms with van der Waals surface area (Å²) < 4.78 is 15.6. The van der Waals surface area contributed by atoms with Crippen molar-refractivity contribution in [2.75, 3.05) is 6.61 Å². The van der Waals surface area contributed by atoms with Crippen LogP contribution in [0.25, 0.3) is 0 Å². The van der Waals surface area contributed by atoms with Crippen LogP contribution < -0.4 is 0 Å². The summed E-state index contributed by atoms with van der Waals surface area (Å²) in [5.41, 5.74) is 0. The molecule has 12 heavy (non-hydrogen) atoms. The lowest BCUT2D eigenvalue weighted by Crippen LogP contribution is -2.33. The summed E-state index contributed by atoms with van der Waals surface area (Å²) in [5, 5.41) is 18.2. The molecule has 2 N–H and O–H groups in total. The van der Waals surface area contributed by atoms with Crippen molar-refractivity contribution in [2.24, 2.45) is 0 Å². The second-order valence-electron chi connectivity index (χ2n) is 3.02. The second-order valence-corrected chi connectivity index (χ2v) is 3.02. The molecule has 5 nitrogen and oxygen atoms in total. The van der Waals surface area contributed by atoms with Crippen LogP contribution in [0, 0.1) is 0 Å². The van der Waals surface area contributed by atoms with E-state index in [1.165, 1.54) is 0 Å². The Morgan fingerprint density at radius 2 is 2.00 bits per heavy atom. The lowest BCUT2D eigenvalue weighted by Gasteiger charge is -2.14. The number of ether oxygens (including phenoxy) is 3. The normalized spacial score (nSPS) is 52.8. The van der Waals surface area contributed by atoms with Crippen LogP contribution in [0.1, 0.15) is 6.92 Å². The Morgan fingerprint density at radius 3 is 2.58 bits per heavy atom. The number of aliphatic hydroxyl groups excluding tert-OH is 2. The molecule has 0 spiro atoms. The van der Waals surface area contributed by atoms with Gasteiger partial charge in [0.1, 0.15) is 18.3 Å². The van der Waals surface area contributed by atoms with Gasteiger partial charge in [-0.05, 0) is 6.92 Å². The first kappa shape index (κ1) is 8.40. The summed E-state index contributed by atoms with van der Waals surface area (Å²) in [6.45, 7) is 1.53. The average Bonchev–Trinajstić information content (AvgIpc) is 2.51. The Hall–Kier alpha value is -0.200. The van der Waals surface area contributed by atoms with Gasteiger partial charge in [-0.15, -0.1) is 0 Å². The predicted octanol–water partition coefficient (Wildman–Crippen LogP) is -1.17. The predicted molar refractivity (Wildman–Crippen MR) is 37.2 cm³/mol. The molecule has 5 heteroatoms. The SMILES string of the molecule is CC1OC2OC(CO)C(O)C2O1. The van der Waals surface area contributed by atoms with E-state index in [1.54, 1.807) is 6.92 Å². The van der Waals surface area contributed by atoms with E-state index in [2.05, 4.69) is 0 Å². The summed E-state index contributed by atoms with van der Waals surface area (Å²) in [7, 11) is 0. The minimum Gasteiger partial charge on any atom is -0.394 e. The fourth-order valence-corrected chi connectivity index (χ4v) is 1.55. The Labute approximate surface area is 69.8 Å². The fraction of sp³-hybridized carbons (Fsp3) is 1.00. The van der Waals surface area contributed by atoms with Crippen LogP contribution in [0.4, 0.5) is 0 Å². The van der Waals surface area contributed by atoms with Crippen molar-refractivity contribution >= 4 is 0 Å². The molecule has 2 heterocycles. The summed E-state index contributed by atoms with van der Waals surface area (Å²) in [6, 6.07) is 0. The number of fused-ring (bicyclic) bond motifs is 1. The monoisotopic (exact) mass is 176 g/mol. The third-order valence-corrected chi connectivity index (χ3v) is 2.15. The molecular formula is C7H12O5. The zero-order valence-electron chi connectivity index (χ0n) is 6.71. The van der Waals surface area contributed by atoms with Gasteiger partial charge < -0.3 is 24.4 Å². The highest BCUT2D eigenvalue weighted by molar-refractivity contribution is 4.90. The molecule has 0 radical (unpaired) electrons. The van der Waals surface area contributed by atoms with E-state index >= 15 is 0 Å². The third kappa shape index (κ3) is 1.14. The summed E-state index contributed by atoms with van der Waals surface area (Å²) >= 11 is 0. The van der Waals surface area contributed by atoms with Crippen LogP contribution in [0.5, 0.6) is 0 Å². The molecular weight excluding hydrogens is 164 g/mol. The number of rotatable bonds is 1. The molecule has 2 saturated heterocycles. The molecule has 0 saturated carbocycles. The van der Waals surface area contributed by atoms with Gasteiger partial charge in [0.2, 0.25) is 0 Å². The fourth-order valence-electron chi connectivity index (χ4n) is 1.55. The van der Waals surface area contributed by atoms with E-state index in [1.807, 2.05) is 0 Å². The highest BCUT2D eigenvalue weighted by Gasteiger charge is 2.50. The van der Waals surface area contributed by atoms with E-state index in [-0.39, 0.29) is 12.9 Å². The third-order valence-electron chi connectivity index (χ3n) is 2.15. The van der Waals surface area contributed by atoms with Gasteiger partial charge >= 0.3 is 0 Å². The van der Waals surface area contributed by atoms with Gasteiger partial charge in [0.25, 0.3) is 0 Å². The first-order valence-electron chi connectivity index (χ1n) is 3.97. The lowest BCUT2D eigenvalue weighted by molar-refractivity contribution is -0.167. The van der Waals surface area contributed by atoms with E-state index in [0.29, 0.717) is 0 Å². The van der Waals surface area contributed by atoms with Crippen LogP contribution in [-0.4, -0.2) is 47.7 Å². The van der Waals surface area contributed by atoms with Gasteiger partial charge in [0, 0.05) is 0 Å². The highest BCUT2D eigenvalue weighted by atomic mass is 16.8. The number of hydrogen-bond acceptors (Lipinski definition) is 5. The van der Waals surface area contributed by atoms with Gasteiger partial charge in [0.05, 0.1) is 6.61 Å². The first-order valence-corrected chi connectivity index (χ1v) is 3.97. The maximum atomic E-state index is 9.49. The molecule has 0 amide bonds. The second kappa shape index (κ2) is 2.93. The summed E-state index contributed by atoms with van der Waals surface area (Å²) in [4.78, 5) is 0. The van der Waals surface area contributed by atoms with E-state index < -0.39 is 24.6 Å². The highest BCUT2D eigenvalue weighted by Crippen LogP contribution is 2.31. The largest absolute Gasteiger partial charge is 0.394 e. The molecule has 2 rings (SSSR count). The van der Waals surface area contributed by atoms with Crippen LogP contribution in [0.15, 0.2) is 0 Å². The van der Waals surface area contributed by atoms with Gasteiger partial charge in [-0.3, -0.25) is 0 Å². The Bertz CT molecular complexity index is 171. The topological polar surface area (TPSA) is 68.2 Å². The van der Waals surface area contributed by atoms with Crippen molar-refractivity contribution in [3.63, 3.8) is 0 Å². The molecule has 5 unspecified atom stereocenters. The van der Waals surface area contributed by atoms with Gasteiger partial charge in [-0.25, -0.2) is 0 Å². The minimum atomic E-state index is -0.787. The molecule has 0 aromatic rings. The standard InChI is InChI=1S/C7H12O5/c1-3-10-6-5(9)4(2-8)12-7(6)11-3/h3-9H,2H2,1H3. The van der Waals surface area contributed by atoms with Crippen molar-refractivity contribution < 1.29 is 24.4 Å². The number of aliphatic hydroxyl groups is 2. The van der Waals surface area contributed by atoms with Crippen molar-refractivity contribution in [3.05, 3.63) is 0 Å². The van der Waals surface area contributed by atoms with E-state index in [0.717, 1.165) is 0 Å². The van der Waals surface area contributed by atoms with Crippen molar-refractivity contribution in [3.8, 4) is 0 Å². The quantitative estimate of drug-likeness (QED) is 0.526. The lowest BCUT2D eigenvalue weighted by atomic mass is 10.1. The Kier molecular flexibility index (Phi) is 2.05. The Balaban J connectivity index is 2.03. The van der Waals surface area contributed by atoms with Crippen LogP contribution in [0.3, 0.4) is 0 Å². The smallest absolute Gasteiger partial charge is 0.190 e. The zero-order valence-corrected chi connectivity index (χ0v) is 6.71. The summed E-state index contributed by atoms with van der Waals surface area (Å²) in [5.74, 6) is 0. The molecule has 2 aliphatic rings.